The van der Waals surface area contributed by atoms with Gasteiger partial charge in [0.25, 0.3) is 6.43 Å². The first-order valence-electron chi connectivity index (χ1n) is 11.2. The van der Waals surface area contributed by atoms with E-state index in [1.54, 1.807) is 0 Å². The van der Waals surface area contributed by atoms with E-state index in [0.717, 1.165) is 12.3 Å². The second kappa shape index (κ2) is 11.0. The topological polar surface area (TPSA) is 108 Å². The molecule has 1 saturated heterocycles. The van der Waals surface area contributed by atoms with Crippen molar-refractivity contribution < 1.29 is 78.8 Å². The fourth-order valence-corrected chi connectivity index (χ4v) is 3.85. The molecule has 1 unspecified atom stereocenters. The minimum absolute atomic E-state index is 0. The van der Waals surface area contributed by atoms with Crippen LogP contribution < -0.4 is 56.4 Å². The summed E-state index contributed by atoms with van der Waals surface area (Å²) in [5, 5.41) is 23.2. The van der Waals surface area contributed by atoms with Gasteiger partial charge in [0.05, 0.1) is 12.2 Å². The molecule has 1 aliphatic heterocycles. The number of oxazole rings is 1. The largest absolute Gasteiger partial charge is 1.00 e. The van der Waals surface area contributed by atoms with Gasteiger partial charge in [0.15, 0.2) is 5.58 Å². The molecule has 8 nitrogen and oxygen atoms in total. The monoisotopic (exact) mass is 526 g/mol. The molecule has 4 aromatic rings. The van der Waals surface area contributed by atoms with Crippen molar-refractivity contribution in [3.8, 4) is 11.5 Å². The quantitative estimate of drug-likeness (QED) is 0.319. The van der Waals surface area contributed by atoms with Crippen LogP contribution >= 0.6 is 0 Å². The number of fused-ring (bicyclic) bond motifs is 2. The molecule has 0 radical (unpaired) electrons. The van der Waals surface area contributed by atoms with Crippen molar-refractivity contribution in [2.75, 3.05) is 25.3 Å². The summed E-state index contributed by atoms with van der Waals surface area (Å²) >= 11 is 0. The van der Waals surface area contributed by atoms with Crippen LogP contribution in [-0.4, -0.2) is 40.3 Å². The molecule has 1 saturated carbocycles. The third-order valence-corrected chi connectivity index (χ3v) is 5.88. The molecule has 0 amide bonds. The predicted octanol–water partition coefficient (Wildman–Crippen LogP) is 2.23. The number of aliphatic hydroxyl groups is 1. The van der Waals surface area contributed by atoms with Gasteiger partial charge in [0, 0.05) is 47.8 Å². The number of hydrogen-bond acceptors (Lipinski definition) is 8. The first-order chi connectivity index (χ1) is 16.8. The number of rotatable bonds is 4. The van der Waals surface area contributed by atoms with Crippen LogP contribution in [0.3, 0.4) is 0 Å². The minimum atomic E-state index is -2.86. The summed E-state index contributed by atoms with van der Waals surface area (Å²) in [4.78, 5) is 12.1. The van der Waals surface area contributed by atoms with Gasteiger partial charge in [0.2, 0.25) is 5.89 Å². The molecule has 1 atom stereocenters. The molecular weight excluding hydrogens is 504 g/mol. The fraction of sp³-hybridized carbons (Fsp3) is 0.375. The van der Waals surface area contributed by atoms with Crippen LogP contribution in [0.5, 0.6) is 0 Å². The summed E-state index contributed by atoms with van der Waals surface area (Å²) in [6.45, 7) is 0.263. The molecule has 1 aliphatic carbocycles. The number of nitrogens with zero attached hydrogens (tertiary/aromatic N) is 4. The van der Waals surface area contributed by atoms with Gasteiger partial charge in [-0.3, -0.25) is 4.98 Å². The van der Waals surface area contributed by atoms with E-state index in [1.165, 1.54) is 44.6 Å². The van der Waals surface area contributed by atoms with E-state index in [2.05, 4.69) is 15.0 Å². The van der Waals surface area contributed by atoms with Gasteiger partial charge in [-0.15, -0.1) is 0 Å². The molecule has 1 N–H and O–H groups in total. The summed E-state index contributed by atoms with van der Waals surface area (Å²) in [5.41, 5.74) is -1.33. The molecule has 12 heteroatoms. The maximum atomic E-state index is 14.7. The van der Waals surface area contributed by atoms with E-state index in [-0.39, 0.29) is 109 Å². The third kappa shape index (κ3) is 5.46. The maximum absolute atomic E-state index is 14.7. The molecule has 36 heavy (non-hydrogen) atoms. The number of ether oxygens (including phenoxy) is 1. The number of hydroxylamine groups is 1. The Morgan fingerprint density at radius 2 is 1.86 bits per heavy atom. The molecule has 6 rings (SSSR count). The summed E-state index contributed by atoms with van der Waals surface area (Å²) in [6.07, 6.45) is 4.19. The van der Waals surface area contributed by atoms with Gasteiger partial charge < -0.3 is 24.5 Å². The smallest absolute Gasteiger partial charge is 0.757 e. The van der Waals surface area contributed by atoms with Crippen LogP contribution in [0.2, 0.25) is 0 Å². The van der Waals surface area contributed by atoms with Gasteiger partial charge in [0.1, 0.15) is 28.4 Å². The normalized spacial score (nSPS) is 18.8. The number of pyridine rings is 2. The molecule has 184 valence electrons. The van der Waals surface area contributed by atoms with Crippen LogP contribution in [0, 0.1) is 11.0 Å². The summed E-state index contributed by atoms with van der Waals surface area (Å²) < 4.78 is 52.5. The standard InChI is InChI=1S/C21H16F3N4O4.C3H6.K/c1-28(30)17-4-10-11(7-25-17)18(19(23)24)26-8-12(10)20-27-15-5-13(14(22)6-16(15)32-20)21(29)2-3-31-9-21;1-2-3-1;/h4-8,19,29H,2-3,9H2,1H3;1-3H2;/q-1;;+1. The van der Waals surface area contributed by atoms with E-state index in [0.29, 0.717) is 11.7 Å². The molecule has 4 heterocycles. The van der Waals surface area contributed by atoms with Crippen molar-refractivity contribution in [1.82, 2.24) is 15.0 Å². The average Bonchev–Trinajstić information content (AvgIpc) is 3.56. The SMILES string of the molecule is C1CC1.CN([O-])c1cc2c(-c3nc4cc(C5(O)CCOC5)c(F)cc4o3)cnc(C(F)F)c2cn1.[K+]. The Hall–Kier alpha value is -1.64. The first-order valence-corrected chi connectivity index (χ1v) is 11.2. The second-order valence-electron chi connectivity index (χ2n) is 8.66. The van der Waals surface area contributed by atoms with Crippen molar-refractivity contribution in [1.29, 1.82) is 0 Å². The van der Waals surface area contributed by atoms with E-state index in [9.17, 15) is 23.5 Å². The number of alkyl halides is 2. The molecule has 3 aromatic heterocycles. The Morgan fingerprint density at radius 1 is 1.11 bits per heavy atom. The van der Waals surface area contributed by atoms with E-state index in [4.69, 9.17) is 9.15 Å². The van der Waals surface area contributed by atoms with Crippen LogP contribution in [-0.2, 0) is 10.3 Å². The molecule has 2 fully saturated rings. The second-order valence-corrected chi connectivity index (χ2v) is 8.66. The van der Waals surface area contributed by atoms with Gasteiger partial charge >= 0.3 is 51.4 Å². The first kappa shape index (κ1) is 27.4. The maximum Gasteiger partial charge on any atom is 1.00 e. The Morgan fingerprint density at radius 3 is 2.47 bits per heavy atom. The van der Waals surface area contributed by atoms with Crippen molar-refractivity contribution in [3.63, 3.8) is 0 Å². The Kier molecular flexibility index (Phi) is 8.37. The molecule has 0 spiro atoms. The van der Waals surface area contributed by atoms with E-state index < -0.39 is 23.5 Å². The average molecular weight is 527 g/mol. The molecule has 1 aromatic carbocycles. The van der Waals surface area contributed by atoms with Crippen molar-refractivity contribution in [3.05, 3.63) is 52.9 Å². The predicted molar refractivity (Wildman–Crippen MR) is 122 cm³/mol. The fourth-order valence-electron chi connectivity index (χ4n) is 3.85. The van der Waals surface area contributed by atoms with Gasteiger partial charge in [-0.25, -0.2) is 23.1 Å². The summed E-state index contributed by atoms with van der Waals surface area (Å²) in [7, 11) is 1.23. The number of anilines is 1. The third-order valence-electron chi connectivity index (χ3n) is 5.88. The van der Waals surface area contributed by atoms with Crippen LogP contribution in [0.1, 0.15) is 43.4 Å². The van der Waals surface area contributed by atoms with Crippen molar-refractivity contribution >= 4 is 27.7 Å². The van der Waals surface area contributed by atoms with E-state index in [1.807, 2.05) is 0 Å². The van der Waals surface area contributed by atoms with Crippen molar-refractivity contribution in [2.45, 2.75) is 37.7 Å². The Labute approximate surface area is 246 Å². The van der Waals surface area contributed by atoms with E-state index >= 15 is 0 Å². The Bertz CT molecular complexity index is 1390. The van der Waals surface area contributed by atoms with Crippen LogP contribution in [0.15, 0.2) is 35.0 Å². The number of benzene rings is 1. The van der Waals surface area contributed by atoms with Gasteiger partial charge in [-0.05, 0) is 19.2 Å². The molecule has 2 aliphatic rings. The number of aromatic nitrogens is 3. The summed E-state index contributed by atoms with van der Waals surface area (Å²) in [6, 6.07) is 3.83. The molecule has 0 bridgehead atoms. The Balaban J connectivity index is 0.000000709. The van der Waals surface area contributed by atoms with Gasteiger partial charge in [-0.2, -0.15) is 0 Å². The van der Waals surface area contributed by atoms with Gasteiger partial charge in [-0.1, -0.05) is 19.3 Å². The zero-order chi connectivity index (χ0) is 24.7. The number of hydrogen-bond donors (Lipinski definition) is 1. The van der Waals surface area contributed by atoms with Crippen LogP contribution in [0.4, 0.5) is 19.0 Å². The van der Waals surface area contributed by atoms with Crippen LogP contribution in [0.25, 0.3) is 33.3 Å². The van der Waals surface area contributed by atoms with Crippen molar-refractivity contribution in [2.24, 2.45) is 0 Å². The minimum Gasteiger partial charge on any atom is -0.757 e. The summed E-state index contributed by atoms with van der Waals surface area (Å²) in [5.74, 6) is -0.683. The molecular formula is C24H22F3KN4O4. The number of halogens is 3. The zero-order valence-electron chi connectivity index (χ0n) is 19.8. The zero-order valence-corrected chi connectivity index (χ0v) is 22.9.